The molecule has 0 fully saturated rings. The lowest BCUT2D eigenvalue weighted by atomic mass is 10.3. The molecule has 0 spiro atoms. The molecular formula is C20H34N4O4. The number of carbonyl (C=O) groups is 2. The Morgan fingerprint density at radius 3 is 1.68 bits per heavy atom. The first-order chi connectivity index (χ1) is 13.4. The monoisotopic (exact) mass is 394 g/mol. The van der Waals surface area contributed by atoms with Gasteiger partial charge < -0.3 is 19.3 Å². The minimum Gasteiger partial charge on any atom is -0.449 e. The summed E-state index contributed by atoms with van der Waals surface area (Å²) in [4.78, 5) is 28.0. The van der Waals surface area contributed by atoms with E-state index in [4.69, 9.17) is 9.47 Å². The Balaban J connectivity index is 2.32. The number of nitrogens with zero attached hydrogens (tertiary/aromatic N) is 2. The number of hydrogen-bond acceptors (Lipinski definition) is 6. The van der Waals surface area contributed by atoms with Crippen LogP contribution in [-0.4, -0.2) is 75.5 Å². The van der Waals surface area contributed by atoms with Crippen molar-refractivity contribution in [3.05, 3.63) is 24.3 Å². The fourth-order valence-corrected chi connectivity index (χ4v) is 2.30. The number of hydrogen-bond donors (Lipinski definition) is 2. The molecule has 1 aromatic rings. The van der Waals surface area contributed by atoms with E-state index >= 15 is 0 Å². The van der Waals surface area contributed by atoms with Crippen LogP contribution < -0.4 is 10.6 Å². The van der Waals surface area contributed by atoms with E-state index in [0.29, 0.717) is 24.6 Å². The predicted molar refractivity (Wildman–Crippen MR) is 112 cm³/mol. The Morgan fingerprint density at radius 2 is 1.29 bits per heavy atom. The molecule has 0 saturated heterocycles. The summed E-state index contributed by atoms with van der Waals surface area (Å²) in [6.45, 7) is 8.54. The van der Waals surface area contributed by atoms with Crippen LogP contribution in [-0.2, 0) is 9.47 Å². The van der Waals surface area contributed by atoms with Crippen molar-refractivity contribution in [1.82, 2.24) is 9.80 Å². The Hall–Kier alpha value is -2.32. The summed E-state index contributed by atoms with van der Waals surface area (Å²) < 4.78 is 10.3. The lowest BCUT2D eigenvalue weighted by Crippen LogP contribution is -2.22. The first-order valence-electron chi connectivity index (χ1n) is 9.79. The minimum atomic E-state index is -0.515. The van der Waals surface area contributed by atoms with Gasteiger partial charge in [0.05, 0.1) is 13.2 Å². The average molecular weight is 395 g/mol. The second-order valence-corrected chi connectivity index (χ2v) is 6.60. The van der Waals surface area contributed by atoms with Crippen molar-refractivity contribution in [2.24, 2.45) is 0 Å². The van der Waals surface area contributed by atoms with Crippen LogP contribution in [0.3, 0.4) is 0 Å². The molecule has 0 bridgehead atoms. The largest absolute Gasteiger partial charge is 0.449 e. The molecule has 1 aromatic carbocycles. The van der Waals surface area contributed by atoms with Gasteiger partial charge in [-0.15, -0.1) is 0 Å². The van der Waals surface area contributed by atoms with Gasteiger partial charge >= 0.3 is 12.2 Å². The van der Waals surface area contributed by atoms with Crippen LogP contribution in [0.1, 0.15) is 26.7 Å². The predicted octanol–water partition coefficient (Wildman–Crippen LogP) is 3.47. The van der Waals surface area contributed by atoms with E-state index in [0.717, 1.165) is 39.0 Å². The summed E-state index contributed by atoms with van der Waals surface area (Å²) in [5.74, 6) is 0. The van der Waals surface area contributed by atoms with E-state index in [1.807, 2.05) is 14.1 Å². The van der Waals surface area contributed by atoms with Gasteiger partial charge in [0.2, 0.25) is 0 Å². The SMILES string of the molecule is CCN(C)CCCOC(=O)Nc1cccc(NC(=O)OCCCN(C)CC)c1. The van der Waals surface area contributed by atoms with Gasteiger partial charge in [-0.1, -0.05) is 19.9 Å². The van der Waals surface area contributed by atoms with Gasteiger partial charge in [0.25, 0.3) is 0 Å². The Labute approximate surface area is 168 Å². The van der Waals surface area contributed by atoms with Gasteiger partial charge in [0.15, 0.2) is 0 Å². The molecule has 8 nitrogen and oxygen atoms in total. The van der Waals surface area contributed by atoms with Crippen molar-refractivity contribution < 1.29 is 19.1 Å². The van der Waals surface area contributed by atoms with E-state index < -0.39 is 12.2 Å². The quantitative estimate of drug-likeness (QED) is 0.528. The highest BCUT2D eigenvalue weighted by Gasteiger charge is 2.07. The van der Waals surface area contributed by atoms with E-state index in [2.05, 4.69) is 34.3 Å². The summed E-state index contributed by atoms with van der Waals surface area (Å²) in [6.07, 6.45) is 0.524. The van der Waals surface area contributed by atoms with Crippen molar-refractivity contribution in [3.63, 3.8) is 0 Å². The summed E-state index contributed by atoms with van der Waals surface area (Å²) in [5.41, 5.74) is 1.08. The minimum absolute atomic E-state index is 0.355. The molecule has 28 heavy (non-hydrogen) atoms. The zero-order valence-electron chi connectivity index (χ0n) is 17.5. The van der Waals surface area contributed by atoms with Crippen LogP contribution in [0, 0.1) is 0 Å². The van der Waals surface area contributed by atoms with Crippen LogP contribution in [0.4, 0.5) is 21.0 Å². The topological polar surface area (TPSA) is 83.1 Å². The molecule has 0 radical (unpaired) electrons. The fraction of sp³-hybridized carbons (Fsp3) is 0.600. The van der Waals surface area contributed by atoms with Crippen molar-refractivity contribution in [2.45, 2.75) is 26.7 Å². The molecule has 8 heteroatoms. The fourth-order valence-electron chi connectivity index (χ4n) is 2.30. The molecular weight excluding hydrogens is 360 g/mol. The van der Waals surface area contributed by atoms with Gasteiger partial charge in [0.1, 0.15) is 0 Å². The van der Waals surface area contributed by atoms with Gasteiger partial charge in [0, 0.05) is 24.5 Å². The van der Waals surface area contributed by atoms with Crippen LogP contribution in [0.15, 0.2) is 24.3 Å². The number of carbonyl (C=O) groups excluding carboxylic acids is 2. The van der Waals surface area contributed by atoms with Gasteiger partial charge in [-0.3, -0.25) is 10.6 Å². The average Bonchev–Trinajstić information content (AvgIpc) is 2.68. The van der Waals surface area contributed by atoms with Crippen molar-refractivity contribution in [3.8, 4) is 0 Å². The number of nitrogens with one attached hydrogen (secondary N) is 2. The van der Waals surface area contributed by atoms with Crippen molar-refractivity contribution in [2.75, 3.05) is 64.1 Å². The number of rotatable bonds is 12. The van der Waals surface area contributed by atoms with Crippen molar-refractivity contribution >= 4 is 23.6 Å². The number of benzene rings is 1. The van der Waals surface area contributed by atoms with Gasteiger partial charge in [-0.2, -0.15) is 0 Å². The van der Waals surface area contributed by atoms with Gasteiger partial charge in [-0.05, 0) is 58.2 Å². The lowest BCUT2D eigenvalue weighted by Gasteiger charge is -2.14. The second kappa shape index (κ2) is 13.8. The first-order valence-corrected chi connectivity index (χ1v) is 9.79. The lowest BCUT2D eigenvalue weighted by molar-refractivity contribution is 0.154. The molecule has 2 amide bonds. The molecule has 2 N–H and O–H groups in total. The van der Waals surface area contributed by atoms with E-state index in [9.17, 15) is 9.59 Å². The van der Waals surface area contributed by atoms with Crippen LogP contribution >= 0.6 is 0 Å². The first kappa shape index (κ1) is 23.7. The van der Waals surface area contributed by atoms with Crippen LogP contribution in [0.25, 0.3) is 0 Å². The highest BCUT2D eigenvalue weighted by atomic mass is 16.6. The second-order valence-electron chi connectivity index (χ2n) is 6.60. The van der Waals surface area contributed by atoms with E-state index in [1.54, 1.807) is 24.3 Å². The number of anilines is 2. The summed E-state index contributed by atoms with van der Waals surface area (Å²) >= 11 is 0. The molecule has 0 heterocycles. The highest BCUT2D eigenvalue weighted by Crippen LogP contribution is 2.15. The molecule has 0 unspecified atom stereocenters. The molecule has 0 aromatic heterocycles. The van der Waals surface area contributed by atoms with Crippen LogP contribution in [0.2, 0.25) is 0 Å². The van der Waals surface area contributed by atoms with Crippen molar-refractivity contribution in [1.29, 1.82) is 0 Å². The maximum absolute atomic E-state index is 11.9. The molecule has 158 valence electrons. The molecule has 0 atom stereocenters. The number of ether oxygens (including phenoxy) is 2. The maximum atomic E-state index is 11.9. The zero-order chi connectivity index (χ0) is 20.8. The third-order valence-electron chi connectivity index (χ3n) is 4.27. The van der Waals surface area contributed by atoms with E-state index in [-0.39, 0.29) is 0 Å². The third-order valence-corrected chi connectivity index (χ3v) is 4.27. The number of amides is 2. The highest BCUT2D eigenvalue weighted by molar-refractivity contribution is 5.88. The summed E-state index contributed by atoms with van der Waals surface area (Å²) in [6, 6.07) is 6.84. The Kier molecular flexibility index (Phi) is 11.7. The molecule has 0 saturated carbocycles. The smallest absolute Gasteiger partial charge is 0.411 e. The van der Waals surface area contributed by atoms with Gasteiger partial charge in [-0.25, -0.2) is 9.59 Å². The molecule has 0 aliphatic carbocycles. The zero-order valence-corrected chi connectivity index (χ0v) is 17.5. The third kappa shape index (κ3) is 10.7. The summed E-state index contributed by atoms with van der Waals surface area (Å²) in [5, 5.41) is 5.31. The maximum Gasteiger partial charge on any atom is 0.411 e. The Morgan fingerprint density at radius 1 is 0.857 bits per heavy atom. The standard InChI is InChI=1S/C20H34N4O4/c1-5-23(3)12-8-14-27-19(25)21-17-10-7-11-18(16-17)22-20(26)28-15-9-13-24(4)6-2/h7,10-11,16H,5-6,8-9,12-15H2,1-4H3,(H,21,25)(H,22,26). The summed E-state index contributed by atoms with van der Waals surface area (Å²) in [7, 11) is 4.04. The molecule has 0 aliphatic heterocycles. The normalized spacial score (nSPS) is 10.8. The Bertz CT molecular complexity index is 550. The molecule has 0 aliphatic rings. The molecule has 1 rings (SSSR count). The van der Waals surface area contributed by atoms with E-state index in [1.165, 1.54) is 0 Å². The van der Waals surface area contributed by atoms with Crippen LogP contribution in [0.5, 0.6) is 0 Å².